The van der Waals surface area contributed by atoms with E-state index in [1.54, 1.807) is 0 Å². The van der Waals surface area contributed by atoms with Crippen molar-refractivity contribution in [2.24, 2.45) is 0 Å². The van der Waals surface area contributed by atoms with Crippen LogP contribution in [0.15, 0.2) is 0 Å². The van der Waals surface area contributed by atoms with E-state index >= 15 is 0 Å². The van der Waals surface area contributed by atoms with Crippen molar-refractivity contribution in [2.45, 2.75) is 18.1 Å². The minimum absolute atomic E-state index is 0.0355. The van der Waals surface area contributed by atoms with Gasteiger partial charge in [-0.25, -0.2) is 13.2 Å². The van der Waals surface area contributed by atoms with Crippen molar-refractivity contribution in [1.29, 1.82) is 0 Å². The van der Waals surface area contributed by atoms with Gasteiger partial charge in [-0.3, -0.25) is 4.79 Å². The number of sulfone groups is 1. The zero-order valence-corrected chi connectivity index (χ0v) is 9.42. The van der Waals surface area contributed by atoms with E-state index in [2.05, 4.69) is 10.6 Å². The van der Waals surface area contributed by atoms with Gasteiger partial charge in [0.1, 0.15) is 6.54 Å². The van der Waals surface area contributed by atoms with Crippen LogP contribution in [0.4, 0.5) is 4.79 Å². The van der Waals surface area contributed by atoms with Crippen molar-refractivity contribution in [2.75, 3.05) is 18.8 Å². The van der Waals surface area contributed by atoms with Crippen molar-refractivity contribution in [1.82, 2.24) is 10.6 Å². The number of amides is 2. The van der Waals surface area contributed by atoms with E-state index in [4.69, 9.17) is 5.11 Å². The molecule has 1 aliphatic heterocycles. The number of hydrogen-bond acceptors (Lipinski definition) is 4. The molecule has 2 amide bonds. The molecule has 3 N–H and O–H groups in total. The Morgan fingerprint density at radius 2 is 2.00 bits per heavy atom. The average Bonchev–Trinajstić information content (AvgIpc) is 2.51. The van der Waals surface area contributed by atoms with Crippen molar-refractivity contribution in [3.8, 4) is 0 Å². The third-order valence-corrected chi connectivity index (χ3v) is 4.63. The van der Waals surface area contributed by atoms with Crippen LogP contribution in [0.25, 0.3) is 0 Å². The summed E-state index contributed by atoms with van der Waals surface area (Å²) in [4.78, 5) is 21.2. The van der Waals surface area contributed by atoms with E-state index in [0.29, 0.717) is 12.8 Å². The fraction of sp³-hybridized carbons (Fsp3) is 0.750. The SMILES string of the molecule is O=C(O)CNC(=O)NCC1CCCS1(=O)=O. The van der Waals surface area contributed by atoms with Gasteiger partial charge in [-0.05, 0) is 12.8 Å². The van der Waals surface area contributed by atoms with Gasteiger partial charge in [0.05, 0.1) is 11.0 Å². The molecular weight excluding hydrogens is 236 g/mol. The molecule has 1 fully saturated rings. The zero-order valence-electron chi connectivity index (χ0n) is 8.60. The lowest BCUT2D eigenvalue weighted by Gasteiger charge is -2.10. The van der Waals surface area contributed by atoms with Crippen LogP contribution in [0, 0.1) is 0 Å². The Balaban J connectivity index is 2.29. The lowest BCUT2D eigenvalue weighted by Crippen LogP contribution is -2.42. The van der Waals surface area contributed by atoms with Gasteiger partial charge in [0.25, 0.3) is 0 Å². The fourth-order valence-electron chi connectivity index (χ4n) is 1.51. The molecule has 0 aromatic carbocycles. The maximum absolute atomic E-state index is 11.4. The molecule has 1 unspecified atom stereocenters. The third kappa shape index (κ3) is 3.69. The molecule has 0 bridgehead atoms. The van der Waals surface area contributed by atoms with Crippen LogP contribution in [-0.4, -0.2) is 49.6 Å². The summed E-state index contributed by atoms with van der Waals surface area (Å²) >= 11 is 0. The van der Waals surface area contributed by atoms with Gasteiger partial charge in [0.2, 0.25) is 0 Å². The smallest absolute Gasteiger partial charge is 0.323 e. The molecule has 1 rings (SSSR count). The summed E-state index contributed by atoms with van der Waals surface area (Å²) in [7, 11) is -3.07. The predicted molar refractivity (Wildman–Crippen MR) is 55.8 cm³/mol. The number of rotatable bonds is 4. The van der Waals surface area contributed by atoms with Gasteiger partial charge < -0.3 is 15.7 Å². The Morgan fingerprint density at radius 3 is 2.50 bits per heavy atom. The van der Waals surface area contributed by atoms with Crippen LogP contribution in [0.1, 0.15) is 12.8 Å². The summed E-state index contributed by atoms with van der Waals surface area (Å²) in [6.45, 7) is -0.447. The van der Waals surface area contributed by atoms with Crippen molar-refractivity contribution in [3.63, 3.8) is 0 Å². The summed E-state index contributed by atoms with van der Waals surface area (Å²) in [5.41, 5.74) is 0. The number of carbonyl (C=O) groups is 2. The fourth-order valence-corrected chi connectivity index (χ4v) is 3.28. The molecule has 0 aromatic rings. The molecule has 1 saturated heterocycles. The van der Waals surface area contributed by atoms with Crippen molar-refractivity contribution >= 4 is 21.8 Å². The highest BCUT2D eigenvalue weighted by Gasteiger charge is 2.31. The van der Waals surface area contributed by atoms with E-state index in [-0.39, 0.29) is 12.3 Å². The monoisotopic (exact) mass is 250 g/mol. The highest BCUT2D eigenvalue weighted by molar-refractivity contribution is 7.92. The summed E-state index contributed by atoms with van der Waals surface area (Å²) in [6.07, 6.45) is 1.16. The molecule has 7 nitrogen and oxygen atoms in total. The van der Waals surface area contributed by atoms with E-state index < -0.39 is 33.6 Å². The summed E-state index contributed by atoms with van der Waals surface area (Å²) in [6, 6.07) is -0.662. The standard InChI is InChI=1S/C8H14N2O5S/c11-7(12)5-10-8(13)9-4-6-2-1-3-16(6,14)15/h6H,1-5H2,(H,11,12)(H2,9,10,13). The zero-order chi connectivity index (χ0) is 12.2. The lowest BCUT2D eigenvalue weighted by atomic mass is 10.2. The van der Waals surface area contributed by atoms with Gasteiger partial charge in [-0.1, -0.05) is 0 Å². The number of carboxylic acids is 1. The highest BCUT2D eigenvalue weighted by Crippen LogP contribution is 2.18. The normalized spacial score (nSPS) is 22.6. The Bertz CT molecular complexity index is 378. The minimum Gasteiger partial charge on any atom is -0.480 e. The van der Waals surface area contributed by atoms with Crippen LogP contribution in [0.5, 0.6) is 0 Å². The van der Waals surface area contributed by atoms with Gasteiger partial charge in [0.15, 0.2) is 9.84 Å². The third-order valence-electron chi connectivity index (χ3n) is 2.35. The van der Waals surface area contributed by atoms with Gasteiger partial charge in [-0.15, -0.1) is 0 Å². The average molecular weight is 250 g/mol. The van der Waals surface area contributed by atoms with Crippen LogP contribution in [0.2, 0.25) is 0 Å². The van der Waals surface area contributed by atoms with Crippen LogP contribution in [-0.2, 0) is 14.6 Å². The van der Waals surface area contributed by atoms with Gasteiger partial charge in [-0.2, -0.15) is 0 Å². The summed E-state index contributed by atoms with van der Waals surface area (Å²) in [5, 5.41) is 12.2. The molecule has 16 heavy (non-hydrogen) atoms. The van der Waals surface area contributed by atoms with E-state index in [1.807, 2.05) is 0 Å². The number of urea groups is 1. The Hall–Kier alpha value is -1.31. The molecule has 0 radical (unpaired) electrons. The summed E-state index contributed by atoms with van der Waals surface area (Å²) in [5.74, 6) is -0.987. The summed E-state index contributed by atoms with van der Waals surface area (Å²) < 4.78 is 22.7. The first-order valence-electron chi connectivity index (χ1n) is 4.87. The molecule has 1 atom stereocenters. The second-order valence-electron chi connectivity index (χ2n) is 3.59. The van der Waals surface area contributed by atoms with Crippen LogP contribution < -0.4 is 10.6 Å². The molecule has 1 aliphatic rings. The lowest BCUT2D eigenvalue weighted by molar-refractivity contribution is -0.135. The van der Waals surface area contributed by atoms with Crippen LogP contribution in [0.3, 0.4) is 0 Å². The largest absolute Gasteiger partial charge is 0.480 e. The number of hydrogen-bond donors (Lipinski definition) is 3. The second kappa shape index (κ2) is 5.15. The van der Waals surface area contributed by atoms with Gasteiger partial charge in [0, 0.05) is 6.54 Å². The van der Waals surface area contributed by atoms with Crippen molar-refractivity contribution < 1.29 is 23.1 Å². The predicted octanol–water partition coefficient (Wildman–Crippen LogP) is -1.05. The maximum Gasteiger partial charge on any atom is 0.323 e. The molecule has 1 heterocycles. The van der Waals surface area contributed by atoms with Gasteiger partial charge >= 0.3 is 12.0 Å². The molecule has 92 valence electrons. The Kier molecular flexibility index (Phi) is 4.11. The van der Waals surface area contributed by atoms with Crippen LogP contribution >= 0.6 is 0 Å². The molecule has 0 saturated carbocycles. The topological polar surface area (TPSA) is 113 Å². The highest BCUT2D eigenvalue weighted by atomic mass is 32.2. The Labute approximate surface area is 93.1 Å². The number of carboxylic acid groups (broad SMARTS) is 1. The minimum atomic E-state index is -3.07. The van der Waals surface area contributed by atoms with E-state index in [9.17, 15) is 18.0 Å². The number of carbonyl (C=O) groups excluding carboxylic acids is 1. The Morgan fingerprint density at radius 1 is 1.31 bits per heavy atom. The first-order chi connectivity index (χ1) is 7.42. The molecule has 0 aliphatic carbocycles. The first-order valence-corrected chi connectivity index (χ1v) is 6.58. The second-order valence-corrected chi connectivity index (χ2v) is 5.99. The number of nitrogens with one attached hydrogen (secondary N) is 2. The molecule has 8 heteroatoms. The molecule has 0 spiro atoms. The first kappa shape index (κ1) is 12.8. The van der Waals surface area contributed by atoms with Crippen molar-refractivity contribution in [3.05, 3.63) is 0 Å². The molecular formula is C8H14N2O5S. The number of aliphatic carboxylic acids is 1. The van der Waals surface area contributed by atoms with E-state index in [0.717, 1.165) is 0 Å². The van der Waals surface area contributed by atoms with E-state index in [1.165, 1.54) is 0 Å². The quantitative estimate of drug-likeness (QED) is 0.589. The molecule has 0 aromatic heterocycles. The maximum atomic E-state index is 11.4.